The van der Waals surface area contributed by atoms with Crippen molar-refractivity contribution in [2.24, 2.45) is 0 Å². The fourth-order valence-electron chi connectivity index (χ4n) is 2.52. The van der Waals surface area contributed by atoms with Crippen LogP contribution in [0.4, 0.5) is 11.4 Å². The van der Waals surface area contributed by atoms with Crippen molar-refractivity contribution in [1.82, 2.24) is 4.98 Å². The Bertz CT molecular complexity index is 892. The summed E-state index contributed by atoms with van der Waals surface area (Å²) in [6.07, 6.45) is 3.26. The molecule has 0 atom stereocenters. The minimum atomic E-state index is -0.181. The van der Waals surface area contributed by atoms with E-state index in [4.69, 9.17) is 4.74 Å². The van der Waals surface area contributed by atoms with Gasteiger partial charge in [0, 0.05) is 24.6 Å². The number of aryl methyl sites for hydroxylation is 1. The van der Waals surface area contributed by atoms with Gasteiger partial charge in [0.05, 0.1) is 18.4 Å². The molecule has 0 spiro atoms. The number of nitrogens with one attached hydrogen (secondary N) is 2. The molecule has 0 bridgehead atoms. The topological polar surface area (TPSA) is 63.2 Å². The zero-order valence-corrected chi connectivity index (χ0v) is 14.8. The number of hydrogen-bond acceptors (Lipinski definition) is 4. The van der Waals surface area contributed by atoms with Crippen molar-refractivity contribution in [1.29, 1.82) is 0 Å². The molecule has 0 aliphatic rings. The van der Waals surface area contributed by atoms with Crippen LogP contribution in [0, 0.1) is 6.92 Å². The molecule has 0 aliphatic carbocycles. The van der Waals surface area contributed by atoms with E-state index in [1.165, 1.54) is 0 Å². The molecular formula is C21H21N3O2. The summed E-state index contributed by atoms with van der Waals surface area (Å²) in [6.45, 7) is 2.59. The highest BCUT2D eigenvalue weighted by atomic mass is 16.5. The molecule has 0 fully saturated rings. The molecule has 3 rings (SSSR count). The maximum absolute atomic E-state index is 12.5. The van der Waals surface area contributed by atoms with E-state index in [-0.39, 0.29) is 5.91 Å². The Morgan fingerprint density at radius 3 is 2.58 bits per heavy atom. The van der Waals surface area contributed by atoms with Gasteiger partial charge in [-0.2, -0.15) is 0 Å². The van der Waals surface area contributed by atoms with E-state index >= 15 is 0 Å². The van der Waals surface area contributed by atoms with Crippen LogP contribution in [0.15, 0.2) is 67.0 Å². The van der Waals surface area contributed by atoms with Crippen LogP contribution in [-0.2, 0) is 6.54 Å². The van der Waals surface area contributed by atoms with Crippen molar-refractivity contribution >= 4 is 17.3 Å². The molecular weight excluding hydrogens is 326 g/mol. The van der Waals surface area contributed by atoms with Gasteiger partial charge in [0.15, 0.2) is 0 Å². The van der Waals surface area contributed by atoms with Gasteiger partial charge in [-0.05, 0) is 42.3 Å². The molecule has 1 heterocycles. The molecule has 2 N–H and O–H groups in total. The number of hydrogen-bond donors (Lipinski definition) is 2. The quantitative estimate of drug-likeness (QED) is 0.699. The smallest absolute Gasteiger partial charge is 0.257 e. The first-order valence-electron chi connectivity index (χ1n) is 8.34. The molecule has 5 heteroatoms. The van der Waals surface area contributed by atoms with Gasteiger partial charge in [0.25, 0.3) is 5.91 Å². The number of nitrogens with zero attached hydrogens (tertiary/aromatic N) is 1. The first kappa shape index (κ1) is 17.5. The molecule has 0 unspecified atom stereocenters. The summed E-state index contributed by atoms with van der Waals surface area (Å²) in [7, 11) is 1.65. The third-order valence-corrected chi connectivity index (χ3v) is 4.05. The molecule has 132 valence electrons. The molecule has 5 nitrogen and oxygen atoms in total. The second-order valence-electron chi connectivity index (χ2n) is 5.93. The van der Waals surface area contributed by atoms with Gasteiger partial charge in [-0.1, -0.05) is 30.3 Å². The second-order valence-corrected chi connectivity index (χ2v) is 5.93. The van der Waals surface area contributed by atoms with Gasteiger partial charge in [-0.25, -0.2) is 0 Å². The third kappa shape index (κ3) is 4.39. The highest BCUT2D eigenvalue weighted by Gasteiger charge is 2.09. The molecule has 0 saturated carbocycles. The summed E-state index contributed by atoms with van der Waals surface area (Å²) in [5.41, 5.74) is 4.23. The van der Waals surface area contributed by atoms with E-state index < -0.39 is 0 Å². The number of carbonyl (C=O) groups excluding carboxylic acids is 1. The predicted octanol–water partition coefficient (Wildman–Crippen LogP) is 4.26. The fraction of sp³-hybridized carbons (Fsp3) is 0.143. The van der Waals surface area contributed by atoms with Crippen LogP contribution in [0.2, 0.25) is 0 Å². The third-order valence-electron chi connectivity index (χ3n) is 4.05. The molecule has 2 aromatic carbocycles. The highest BCUT2D eigenvalue weighted by molar-refractivity contribution is 6.04. The number of benzene rings is 2. The minimum Gasteiger partial charge on any atom is -0.497 e. The number of para-hydroxylation sites is 1. The summed E-state index contributed by atoms with van der Waals surface area (Å²) < 4.78 is 5.16. The van der Waals surface area contributed by atoms with Crippen molar-refractivity contribution in [3.05, 3.63) is 83.7 Å². The number of ether oxygens (including phenoxy) is 1. The minimum absolute atomic E-state index is 0.181. The van der Waals surface area contributed by atoms with E-state index in [0.717, 1.165) is 28.3 Å². The van der Waals surface area contributed by atoms with Gasteiger partial charge in [0.2, 0.25) is 0 Å². The second kappa shape index (κ2) is 8.16. The lowest BCUT2D eigenvalue weighted by molar-refractivity contribution is 0.102. The first-order valence-corrected chi connectivity index (χ1v) is 8.34. The number of methoxy groups -OCH3 is 1. The standard InChI is InChI=1S/C21H21N3O2/c1-15-5-3-4-6-20(15)24-21(25)17-11-18(14-22-13-17)23-12-16-7-9-19(26-2)10-8-16/h3-11,13-14,23H,12H2,1-2H3,(H,24,25). The van der Waals surface area contributed by atoms with Crippen LogP contribution in [-0.4, -0.2) is 18.0 Å². The van der Waals surface area contributed by atoms with Gasteiger partial charge < -0.3 is 15.4 Å². The first-order chi connectivity index (χ1) is 12.7. The number of carbonyl (C=O) groups is 1. The fourth-order valence-corrected chi connectivity index (χ4v) is 2.52. The Morgan fingerprint density at radius 2 is 1.85 bits per heavy atom. The maximum Gasteiger partial charge on any atom is 0.257 e. The van der Waals surface area contributed by atoms with Crippen LogP contribution in [0.5, 0.6) is 5.75 Å². The molecule has 0 saturated heterocycles. The Balaban J connectivity index is 1.65. The van der Waals surface area contributed by atoms with Crippen molar-refractivity contribution < 1.29 is 9.53 Å². The van der Waals surface area contributed by atoms with Crippen molar-refractivity contribution in [3.8, 4) is 5.75 Å². The van der Waals surface area contributed by atoms with Crippen LogP contribution in [0.25, 0.3) is 0 Å². The molecule has 3 aromatic rings. The molecule has 1 aromatic heterocycles. The molecule has 1 amide bonds. The van der Waals surface area contributed by atoms with Crippen molar-refractivity contribution in [3.63, 3.8) is 0 Å². The van der Waals surface area contributed by atoms with Gasteiger partial charge >= 0.3 is 0 Å². The number of pyridine rings is 1. The van der Waals surface area contributed by atoms with E-state index in [0.29, 0.717) is 12.1 Å². The van der Waals surface area contributed by atoms with Gasteiger partial charge in [-0.3, -0.25) is 9.78 Å². The zero-order valence-electron chi connectivity index (χ0n) is 14.8. The lowest BCUT2D eigenvalue weighted by Crippen LogP contribution is -2.13. The van der Waals surface area contributed by atoms with Crippen LogP contribution < -0.4 is 15.4 Å². The van der Waals surface area contributed by atoms with Crippen LogP contribution >= 0.6 is 0 Å². The lowest BCUT2D eigenvalue weighted by atomic mass is 10.2. The summed E-state index contributed by atoms with van der Waals surface area (Å²) in [5.74, 6) is 0.644. The monoisotopic (exact) mass is 347 g/mol. The molecule has 0 radical (unpaired) electrons. The van der Waals surface area contributed by atoms with Gasteiger partial charge in [-0.15, -0.1) is 0 Å². The Morgan fingerprint density at radius 1 is 1.08 bits per heavy atom. The predicted molar refractivity (Wildman–Crippen MR) is 104 cm³/mol. The summed E-state index contributed by atoms with van der Waals surface area (Å²) >= 11 is 0. The van der Waals surface area contributed by atoms with E-state index in [9.17, 15) is 4.79 Å². The van der Waals surface area contributed by atoms with E-state index in [2.05, 4.69) is 15.6 Å². The summed E-state index contributed by atoms with van der Waals surface area (Å²) in [5, 5.41) is 6.21. The average molecular weight is 347 g/mol. The Labute approximate surface area is 153 Å². The Kier molecular flexibility index (Phi) is 5.49. The van der Waals surface area contributed by atoms with Gasteiger partial charge in [0.1, 0.15) is 5.75 Å². The molecule has 26 heavy (non-hydrogen) atoms. The maximum atomic E-state index is 12.5. The SMILES string of the molecule is COc1ccc(CNc2cncc(C(=O)Nc3ccccc3C)c2)cc1. The number of anilines is 2. The van der Waals surface area contributed by atoms with E-state index in [1.807, 2.05) is 55.5 Å². The summed E-state index contributed by atoms with van der Waals surface area (Å²) in [6, 6.07) is 17.3. The normalized spacial score (nSPS) is 10.2. The largest absolute Gasteiger partial charge is 0.497 e. The summed E-state index contributed by atoms with van der Waals surface area (Å²) in [4.78, 5) is 16.6. The van der Waals surface area contributed by atoms with Crippen molar-refractivity contribution in [2.45, 2.75) is 13.5 Å². The van der Waals surface area contributed by atoms with E-state index in [1.54, 1.807) is 25.6 Å². The number of rotatable bonds is 6. The van der Waals surface area contributed by atoms with Crippen LogP contribution in [0.1, 0.15) is 21.5 Å². The molecule has 0 aliphatic heterocycles. The highest BCUT2D eigenvalue weighted by Crippen LogP contribution is 2.17. The number of amides is 1. The zero-order chi connectivity index (χ0) is 18.4. The van der Waals surface area contributed by atoms with Crippen LogP contribution in [0.3, 0.4) is 0 Å². The van der Waals surface area contributed by atoms with Crippen molar-refractivity contribution in [2.75, 3.05) is 17.7 Å². The Hall–Kier alpha value is -3.34. The average Bonchev–Trinajstić information content (AvgIpc) is 2.69. The number of aromatic nitrogens is 1. The lowest BCUT2D eigenvalue weighted by Gasteiger charge is -2.10.